The quantitative estimate of drug-likeness (QED) is 0.163. The van der Waals surface area contributed by atoms with Gasteiger partial charge in [-0.15, -0.1) is 0 Å². The molecule has 66 heavy (non-hydrogen) atoms. The molecule has 7 aromatic carbocycles. The highest BCUT2D eigenvalue weighted by Crippen LogP contribution is 2.64. The maximum atomic E-state index is 2.76. The van der Waals surface area contributed by atoms with E-state index in [0.29, 0.717) is 0 Å². The van der Waals surface area contributed by atoms with E-state index < -0.39 is 0 Å². The Bertz CT molecular complexity index is 3120. The molecule has 0 spiro atoms. The van der Waals surface area contributed by atoms with Crippen molar-refractivity contribution in [1.82, 2.24) is 0 Å². The lowest BCUT2D eigenvalue weighted by Gasteiger charge is -2.51. The Hall–Kier alpha value is -6.20. The van der Waals surface area contributed by atoms with E-state index in [1.807, 2.05) is 0 Å². The fourth-order valence-electron chi connectivity index (χ4n) is 14.5. The highest BCUT2D eigenvalue weighted by Gasteiger charge is 2.60. The standard InChI is InChI=1S/C61H61BN4/c1-57(2,3)41-28-30-43(31-29-41)64-53-33-32-44(65-50-25-14-11-22-46(50)58(4)34-17-18-36-60(58,65)6)38-49(53)62-48-24-13-16-27-52(48)63(42-20-9-8-10-21-42)54-39-45(40-55(64)56(54)62)66-51-26-15-12-23-47(51)59(5)35-19-37-61(59,66)7/h8-16,20-33,38-40H,17-19,34-37H2,1-7H3. The van der Waals surface area contributed by atoms with E-state index in [2.05, 4.69) is 226 Å². The summed E-state index contributed by atoms with van der Waals surface area (Å²) in [6.45, 7) is 17.2. The second kappa shape index (κ2) is 13.7. The lowest BCUT2D eigenvalue weighted by molar-refractivity contribution is 0.195. The molecule has 4 nitrogen and oxygen atoms in total. The molecule has 4 atom stereocenters. The van der Waals surface area contributed by atoms with Gasteiger partial charge in [-0.1, -0.05) is 139 Å². The molecule has 13 rings (SSSR count). The Kier molecular flexibility index (Phi) is 8.32. The fourth-order valence-corrected chi connectivity index (χ4v) is 14.5. The number of hydrogen-bond donors (Lipinski definition) is 0. The molecule has 0 N–H and O–H groups in total. The molecule has 4 aliphatic heterocycles. The van der Waals surface area contributed by atoms with Gasteiger partial charge in [0, 0.05) is 67.7 Å². The lowest BCUT2D eigenvalue weighted by Crippen LogP contribution is -2.61. The zero-order valence-corrected chi connectivity index (χ0v) is 39.8. The maximum Gasteiger partial charge on any atom is 0.252 e. The number of hydrogen-bond acceptors (Lipinski definition) is 4. The summed E-state index contributed by atoms with van der Waals surface area (Å²) < 4.78 is 0. The first kappa shape index (κ1) is 40.1. The predicted molar refractivity (Wildman–Crippen MR) is 280 cm³/mol. The zero-order valence-electron chi connectivity index (χ0n) is 39.8. The van der Waals surface area contributed by atoms with Crippen molar-refractivity contribution in [3.8, 4) is 0 Å². The Labute approximate surface area is 393 Å². The predicted octanol–water partition coefficient (Wildman–Crippen LogP) is 14.2. The Balaban J connectivity index is 1.11. The molecular formula is C61H61BN4. The van der Waals surface area contributed by atoms with E-state index in [9.17, 15) is 0 Å². The number of anilines is 10. The fraction of sp³-hybridized carbons (Fsp3) is 0.311. The Morgan fingerprint density at radius 3 is 1.53 bits per heavy atom. The lowest BCUT2D eigenvalue weighted by atomic mass is 9.33. The monoisotopic (exact) mass is 860 g/mol. The van der Waals surface area contributed by atoms with Crippen molar-refractivity contribution in [3.63, 3.8) is 0 Å². The van der Waals surface area contributed by atoms with Crippen LogP contribution in [0.5, 0.6) is 0 Å². The van der Waals surface area contributed by atoms with Crippen molar-refractivity contribution in [3.05, 3.63) is 174 Å². The third-order valence-corrected chi connectivity index (χ3v) is 18.2. The second-order valence-corrected chi connectivity index (χ2v) is 22.4. The summed E-state index contributed by atoms with van der Waals surface area (Å²) in [6.07, 6.45) is 8.49. The molecule has 0 radical (unpaired) electrons. The van der Waals surface area contributed by atoms with Crippen molar-refractivity contribution in [2.75, 3.05) is 19.6 Å². The van der Waals surface area contributed by atoms with E-state index >= 15 is 0 Å². The molecular weight excluding hydrogens is 800 g/mol. The van der Waals surface area contributed by atoms with Gasteiger partial charge in [-0.25, -0.2) is 0 Å². The van der Waals surface area contributed by atoms with Gasteiger partial charge < -0.3 is 19.6 Å². The van der Waals surface area contributed by atoms with Gasteiger partial charge >= 0.3 is 0 Å². The summed E-state index contributed by atoms with van der Waals surface area (Å²) in [5.74, 6) is 0. The first-order valence-corrected chi connectivity index (χ1v) is 24.8. The van der Waals surface area contributed by atoms with Gasteiger partial charge in [-0.3, -0.25) is 0 Å². The number of para-hydroxylation sites is 4. The zero-order chi connectivity index (χ0) is 45.0. The summed E-state index contributed by atoms with van der Waals surface area (Å²) in [6, 6.07) is 61.2. The van der Waals surface area contributed by atoms with Crippen LogP contribution in [0.2, 0.25) is 0 Å². The molecule has 5 heteroatoms. The third kappa shape index (κ3) is 5.12. The van der Waals surface area contributed by atoms with E-state index in [0.717, 1.165) is 6.42 Å². The van der Waals surface area contributed by atoms with Crippen molar-refractivity contribution in [2.24, 2.45) is 0 Å². The van der Waals surface area contributed by atoms with Gasteiger partial charge in [0.1, 0.15) is 0 Å². The average Bonchev–Trinajstić information content (AvgIpc) is 3.82. The van der Waals surface area contributed by atoms with Gasteiger partial charge in [0.25, 0.3) is 6.71 Å². The van der Waals surface area contributed by atoms with Gasteiger partial charge in [-0.2, -0.15) is 0 Å². The summed E-state index contributed by atoms with van der Waals surface area (Å²) >= 11 is 0. The van der Waals surface area contributed by atoms with Crippen LogP contribution in [0.25, 0.3) is 0 Å². The second-order valence-electron chi connectivity index (χ2n) is 22.4. The first-order chi connectivity index (χ1) is 31.9. The largest absolute Gasteiger partial charge is 0.334 e. The third-order valence-electron chi connectivity index (χ3n) is 18.2. The maximum absolute atomic E-state index is 2.76. The van der Waals surface area contributed by atoms with Crippen LogP contribution in [0.15, 0.2) is 158 Å². The highest BCUT2D eigenvalue weighted by molar-refractivity contribution is 7.00. The number of fused-ring (bicyclic) bond motifs is 10. The molecule has 0 amide bonds. The molecule has 2 aliphatic carbocycles. The van der Waals surface area contributed by atoms with Gasteiger partial charge in [0.05, 0.1) is 11.1 Å². The van der Waals surface area contributed by atoms with Crippen LogP contribution in [0.1, 0.15) is 110 Å². The molecule has 4 heterocycles. The van der Waals surface area contributed by atoms with E-state index in [4.69, 9.17) is 0 Å². The normalized spacial score (nSPS) is 25.5. The van der Waals surface area contributed by atoms with Crippen LogP contribution in [-0.2, 0) is 16.2 Å². The Morgan fingerprint density at radius 1 is 0.409 bits per heavy atom. The van der Waals surface area contributed by atoms with E-state index in [-0.39, 0.29) is 34.0 Å². The molecule has 0 aromatic heterocycles. The van der Waals surface area contributed by atoms with Crippen LogP contribution >= 0.6 is 0 Å². The molecule has 2 saturated carbocycles. The minimum absolute atomic E-state index is 0.0156. The van der Waals surface area contributed by atoms with E-state index in [1.165, 1.54) is 128 Å². The summed E-state index contributed by atoms with van der Waals surface area (Å²) in [5.41, 5.74) is 21.1. The van der Waals surface area contributed by atoms with Crippen LogP contribution in [0, 0.1) is 0 Å². The molecule has 4 unspecified atom stereocenters. The topological polar surface area (TPSA) is 13.0 Å². The number of benzene rings is 7. The number of rotatable bonds is 4. The molecule has 328 valence electrons. The van der Waals surface area contributed by atoms with E-state index in [1.54, 1.807) is 0 Å². The summed E-state index contributed by atoms with van der Waals surface area (Å²) in [5, 5.41) is 0. The van der Waals surface area contributed by atoms with Crippen LogP contribution in [0.3, 0.4) is 0 Å². The SMILES string of the molecule is CC(C)(C)c1ccc(N2c3ccc(N4c5ccccc5C5(C)CCCCC45C)cc3B3c4ccccc4N(c4ccccc4)c4cc(N5c6ccccc6C6(C)CCCC56C)cc2c43)cc1. The van der Waals surface area contributed by atoms with Crippen molar-refractivity contribution < 1.29 is 0 Å². The highest BCUT2D eigenvalue weighted by atomic mass is 15.3. The molecule has 0 saturated heterocycles. The van der Waals surface area contributed by atoms with Crippen LogP contribution in [0.4, 0.5) is 56.9 Å². The van der Waals surface area contributed by atoms with Gasteiger partial charge in [0.2, 0.25) is 0 Å². The summed E-state index contributed by atoms with van der Waals surface area (Å²) in [7, 11) is 0. The van der Waals surface area contributed by atoms with Crippen molar-refractivity contribution in [2.45, 2.75) is 121 Å². The molecule has 6 aliphatic rings. The summed E-state index contributed by atoms with van der Waals surface area (Å²) in [4.78, 5) is 10.7. The van der Waals surface area contributed by atoms with Crippen LogP contribution in [-0.4, -0.2) is 17.8 Å². The van der Waals surface area contributed by atoms with Crippen molar-refractivity contribution >= 4 is 80.0 Å². The molecule has 2 fully saturated rings. The minimum atomic E-state index is -0.0718. The first-order valence-electron chi connectivity index (χ1n) is 24.8. The molecule has 0 bridgehead atoms. The Morgan fingerprint density at radius 2 is 0.894 bits per heavy atom. The van der Waals surface area contributed by atoms with Gasteiger partial charge in [-0.05, 0) is 151 Å². The van der Waals surface area contributed by atoms with Crippen molar-refractivity contribution in [1.29, 1.82) is 0 Å². The average molecular weight is 861 g/mol. The smallest absolute Gasteiger partial charge is 0.252 e. The number of nitrogens with zero attached hydrogens (tertiary/aromatic N) is 4. The van der Waals surface area contributed by atoms with Crippen LogP contribution < -0.4 is 36.0 Å². The molecule has 7 aromatic rings. The minimum Gasteiger partial charge on any atom is -0.334 e. The van der Waals surface area contributed by atoms with Gasteiger partial charge in [0.15, 0.2) is 0 Å².